The van der Waals surface area contributed by atoms with Crippen LogP contribution in [0.5, 0.6) is 0 Å². The fourth-order valence-electron chi connectivity index (χ4n) is 3.84. The zero-order valence-corrected chi connectivity index (χ0v) is 14.5. The standard InChI is InChI=1S/C17H16F3N3O2S/c18-17(19,20)15(24)13-10-1-4-21-7-12(10)26-14(13)16(25)22-11-8-23-5-2-9(11)3-6-23/h1,4,7,9,11H,2-3,5-6,8H2,(H,22,25)/t11-/m0/s1. The molecule has 3 fully saturated rings. The Kier molecular flexibility index (Phi) is 4.23. The quantitative estimate of drug-likeness (QED) is 0.828. The van der Waals surface area contributed by atoms with E-state index >= 15 is 0 Å². The zero-order valence-electron chi connectivity index (χ0n) is 13.7. The normalized spacial score (nSPS) is 25.4. The van der Waals surface area contributed by atoms with E-state index in [0.29, 0.717) is 17.2 Å². The van der Waals surface area contributed by atoms with Crippen molar-refractivity contribution < 1.29 is 22.8 Å². The minimum absolute atomic E-state index is 0.0952. The SMILES string of the molecule is O=C(N[C@H]1CN2CCC1CC2)c1sc2cnccc2c1C(=O)C(F)(F)F. The van der Waals surface area contributed by atoms with Gasteiger partial charge in [-0.15, -0.1) is 11.3 Å². The van der Waals surface area contributed by atoms with Crippen LogP contribution in [0.15, 0.2) is 18.5 Å². The number of piperidine rings is 3. The van der Waals surface area contributed by atoms with Crippen molar-refractivity contribution in [2.75, 3.05) is 19.6 Å². The molecule has 3 saturated heterocycles. The van der Waals surface area contributed by atoms with Crippen molar-refractivity contribution >= 4 is 33.1 Å². The fraction of sp³-hybridized carbons (Fsp3) is 0.471. The van der Waals surface area contributed by atoms with Crippen LogP contribution in [0, 0.1) is 5.92 Å². The second-order valence-corrected chi connectivity index (χ2v) is 7.78. The Morgan fingerprint density at radius 3 is 2.62 bits per heavy atom. The molecule has 2 aromatic rings. The summed E-state index contributed by atoms with van der Waals surface area (Å²) >= 11 is 0.876. The van der Waals surface area contributed by atoms with E-state index in [1.165, 1.54) is 18.5 Å². The maximum atomic E-state index is 13.1. The van der Waals surface area contributed by atoms with Crippen molar-refractivity contribution in [1.29, 1.82) is 0 Å². The molecule has 1 N–H and O–H groups in total. The molecule has 26 heavy (non-hydrogen) atoms. The highest BCUT2D eigenvalue weighted by Gasteiger charge is 2.43. The summed E-state index contributed by atoms with van der Waals surface area (Å²) in [6.07, 6.45) is -0.414. The molecule has 9 heteroatoms. The van der Waals surface area contributed by atoms with E-state index in [-0.39, 0.29) is 16.3 Å². The lowest BCUT2D eigenvalue weighted by molar-refractivity contribution is -0.0884. The molecule has 0 saturated carbocycles. The van der Waals surface area contributed by atoms with E-state index < -0.39 is 23.4 Å². The molecule has 0 aromatic carbocycles. The summed E-state index contributed by atoms with van der Waals surface area (Å²) in [5.74, 6) is -2.27. The molecule has 3 aliphatic rings. The summed E-state index contributed by atoms with van der Waals surface area (Å²) < 4.78 is 39.6. The first-order valence-electron chi connectivity index (χ1n) is 8.36. The van der Waals surface area contributed by atoms with Gasteiger partial charge in [-0.3, -0.25) is 14.6 Å². The summed E-state index contributed by atoms with van der Waals surface area (Å²) in [6, 6.07) is 1.25. The molecule has 5 nitrogen and oxygen atoms in total. The van der Waals surface area contributed by atoms with Gasteiger partial charge in [0.15, 0.2) is 0 Å². The number of carbonyl (C=O) groups is 2. The second kappa shape index (κ2) is 6.31. The van der Waals surface area contributed by atoms with Crippen molar-refractivity contribution in [3.63, 3.8) is 0 Å². The average Bonchev–Trinajstić information content (AvgIpc) is 3.00. The van der Waals surface area contributed by atoms with Crippen molar-refractivity contribution in [2.45, 2.75) is 25.1 Å². The van der Waals surface area contributed by atoms with Gasteiger partial charge >= 0.3 is 6.18 Å². The van der Waals surface area contributed by atoms with E-state index in [4.69, 9.17) is 0 Å². The van der Waals surface area contributed by atoms with E-state index in [2.05, 4.69) is 15.2 Å². The monoisotopic (exact) mass is 383 g/mol. The number of Topliss-reactive ketones (excluding diaryl/α,β-unsaturated/α-hetero) is 1. The number of carbonyl (C=O) groups excluding carboxylic acids is 2. The molecule has 2 aromatic heterocycles. The second-order valence-electron chi connectivity index (χ2n) is 6.72. The summed E-state index contributed by atoms with van der Waals surface area (Å²) in [5, 5.41) is 2.98. The Morgan fingerprint density at radius 2 is 2.00 bits per heavy atom. The van der Waals surface area contributed by atoms with Crippen LogP contribution >= 0.6 is 11.3 Å². The molecular formula is C17H16F3N3O2S. The van der Waals surface area contributed by atoms with Gasteiger partial charge in [0.1, 0.15) is 4.88 Å². The fourth-order valence-corrected chi connectivity index (χ4v) is 4.91. The van der Waals surface area contributed by atoms with Gasteiger partial charge in [0, 0.05) is 30.4 Å². The Balaban J connectivity index is 1.69. The van der Waals surface area contributed by atoms with Gasteiger partial charge in [0.25, 0.3) is 11.7 Å². The first-order valence-corrected chi connectivity index (χ1v) is 9.17. The number of halogens is 3. The number of thiophene rings is 1. The first-order chi connectivity index (χ1) is 12.3. The number of rotatable bonds is 3. The van der Waals surface area contributed by atoms with Crippen LogP contribution in [0.4, 0.5) is 13.2 Å². The third-order valence-electron chi connectivity index (χ3n) is 5.16. The van der Waals surface area contributed by atoms with E-state index in [9.17, 15) is 22.8 Å². The van der Waals surface area contributed by atoms with Crippen LogP contribution in [-0.2, 0) is 0 Å². The lowest BCUT2D eigenvalue weighted by atomic mass is 9.84. The summed E-state index contributed by atoms with van der Waals surface area (Å²) in [6.45, 7) is 2.68. The first kappa shape index (κ1) is 17.4. The Bertz CT molecular complexity index is 872. The van der Waals surface area contributed by atoms with Crippen molar-refractivity contribution in [3.8, 4) is 0 Å². The van der Waals surface area contributed by atoms with Gasteiger partial charge in [-0.1, -0.05) is 0 Å². The smallest absolute Gasteiger partial charge is 0.347 e. The minimum atomic E-state index is -5.04. The van der Waals surface area contributed by atoms with Gasteiger partial charge in [0.05, 0.1) is 10.3 Å². The summed E-state index contributed by atoms with van der Waals surface area (Å²) in [7, 11) is 0. The molecule has 0 aliphatic carbocycles. The third kappa shape index (κ3) is 2.99. The maximum absolute atomic E-state index is 13.1. The van der Waals surface area contributed by atoms with Crippen molar-refractivity contribution in [3.05, 3.63) is 28.9 Å². The summed E-state index contributed by atoms with van der Waals surface area (Å²) in [4.78, 5) is 30.6. The number of aromatic nitrogens is 1. The molecule has 2 bridgehead atoms. The molecule has 0 unspecified atom stereocenters. The van der Waals surface area contributed by atoms with E-state index in [1.807, 2.05) is 0 Å². The van der Waals surface area contributed by atoms with Crippen LogP contribution in [0.1, 0.15) is 32.9 Å². The van der Waals surface area contributed by atoms with Crippen molar-refractivity contribution in [2.24, 2.45) is 5.92 Å². The molecule has 1 amide bonds. The van der Waals surface area contributed by atoms with Gasteiger partial charge in [-0.25, -0.2) is 0 Å². The Labute approximate surface area is 151 Å². The predicted octanol–water partition coefficient (Wildman–Crippen LogP) is 2.87. The Hall–Kier alpha value is -2.00. The number of ketones is 1. The van der Waals surface area contributed by atoms with Gasteiger partial charge < -0.3 is 10.2 Å². The number of nitrogens with one attached hydrogen (secondary N) is 1. The molecule has 3 aliphatic heterocycles. The van der Waals surface area contributed by atoms with Gasteiger partial charge in [0.2, 0.25) is 0 Å². The zero-order chi connectivity index (χ0) is 18.5. The highest BCUT2D eigenvalue weighted by Crippen LogP contribution is 2.36. The highest BCUT2D eigenvalue weighted by atomic mass is 32.1. The van der Waals surface area contributed by atoms with Gasteiger partial charge in [-0.05, 0) is 37.9 Å². The highest BCUT2D eigenvalue weighted by molar-refractivity contribution is 7.21. The molecule has 0 radical (unpaired) electrons. The lowest BCUT2D eigenvalue weighted by Crippen LogP contribution is -2.57. The van der Waals surface area contributed by atoms with Crippen LogP contribution in [-0.4, -0.2) is 53.4 Å². The lowest BCUT2D eigenvalue weighted by Gasteiger charge is -2.44. The molecular weight excluding hydrogens is 367 g/mol. The summed E-state index contributed by atoms with van der Waals surface area (Å²) in [5.41, 5.74) is -0.571. The number of hydrogen-bond donors (Lipinski definition) is 1. The minimum Gasteiger partial charge on any atom is -0.347 e. The third-order valence-corrected chi connectivity index (χ3v) is 6.30. The molecule has 5 heterocycles. The molecule has 5 rings (SSSR count). The average molecular weight is 383 g/mol. The van der Waals surface area contributed by atoms with Crippen LogP contribution in [0.25, 0.3) is 10.1 Å². The largest absolute Gasteiger partial charge is 0.454 e. The number of fused-ring (bicyclic) bond motifs is 4. The van der Waals surface area contributed by atoms with Crippen LogP contribution < -0.4 is 5.32 Å². The van der Waals surface area contributed by atoms with Gasteiger partial charge in [-0.2, -0.15) is 13.2 Å². The van der Waals surface area contributed by atoms with Crippen LogP contribution in [0.2, 0.25) is 0 Å². The molecule has 1 atom stereocenters. The number of amides is 1. The Morgan fingerprint density at radius 1 is 1.27 bits per heavy atom. The number of alkyl halides is 3. The molecule has 0 spiro atoms. The van der Waals surface area contributed by atoms with Crippen molar-refractivity contribution in [1.82, 2.24) is 15.2 Å². The maximum Gasteiger partial charge on any atom is 0.454 e. The van der Waals surface area contributed by atoms with E-state index in [1.54, 1.807) is 0 Å². The topological polar surface area (TPSA) is 62.3 Å². The van der Waals surface area contributed by atoms with Crippen LogP contribution in [0.3, 0.4) is 0 Å². The predicted molar refractivity (Wildman–Crippen MR) is 90.4 cm³/mol. The van der Waals surface area contributed by atoms with E-state index in [0.717, 1.165) is 37.3 Å². The number of pyridine rings is 1. The number of nitrogens with zero attached hydrogens (tertiary/aromatic N) is 2. The number of hydrogen-bond acceptors (Lipinski definition) is 5. The molecule has 138 valence electrons.